The Morgan fingerprint density at radius 3 is 2.63 bits per heavy atom. The van der Waals surface area contributed by atoms with Crippen LogP contribution in [0.3, 0.4) is 0 Å². The Bertz CT molecular complexity index is 519. The first-order valence-electron chi connectivity index (χ1n) is 6.05. The van der Waals surface area contributed by atoms with Crippen LogP contribution < -0.4 is 5.32 Å². The molecule has 1 fully saturated rings. The van der Waals surface area contributed by atoms with Crippen molar-refractivity contribution < 1.29 is 18.8 Å². The van der Waals surface area contributed by atoms with Crippen molar-refractivity contribution in [2.75, 3.05) is 0 Å². The normalized spacial score (nSPS) is 20.4. The van der Waals surface area contributed by atoms with Gasteiger partial charge in [-0.15, -0.1) is 0 Å². The van der Waals surface area contributed by atoms with Crippen LogP contribution >= 0.6 is 0 Å². The molecule has 1 N–H and O–H groups in total. The summed E-state index contributed by atoms with van der Waals surface area (Å²) in [5, 5.41) is 2.21. The van der Waals surface area contributed by atoms with Crippen molar-refractivity contribution in [2.45, 2.75) is 33.2 Å². The van der Waals surface area contributed by atoms with E-state index in [0.717, 1.165) is 4.90 Å². The van der Waals surface area contributed by atoms with Gasteiger partial charge in [-0.1, -0.05) is 0 Å². The van der Waals surface area contributed by atoms with Gasteiger partial charge in [-0.3, -0.25) is 19.8 Å². The predicted molar refractivity (Wildman–Crippen MR) is 66.0 cm³/mol. The van der Waals surface area contributed by atoms with Gasteiger partial charge >= 0.3 is 6.03 Å². The predicted octanol–water partition coefficient (Wildman–Crippen LogP) is 1.32. The van der Waals surface area contributed by atoms with Crippen LogP contribution in [0.15, 0.2) is 22.8 Å². The van der Waals surface area contributed by atoms with Gasteiger partial charge in [0.2, 0.25) is 11.8 Å². The van der Waals surface area contributed by atoms with E-state index in [1.54, 1.807) is 19.1 Å². The molecule has 1 atom stereocenters. The van der Waals surface area contributed by atoms with Gasteiger partial charge < -0.3 is 4.42 Å². The third-order valence-corrected chi connectivity index (χ3v) is 3.28. The average molecular weight is 264 g/mol. The molecule has 1 aromatic rings. The molecule has 0 radical (unpaired) electrons. The van der Waals surface area contributed by atoms with Crippen LogP contribution in [-0.2, 0) is 16.0 Å². The lowest BCUT2D eigenvalue weighted by molar-refractivity contribution is -0.150. The number of carbonyl (C=O) groups excluding carboxylic acids is 3. The lowest BCUT2D eigenvalue weighted by Crippen LogP contribution is -2.64. The molecular formula is C13H16N2O4. The fourth-order valence-corrected chi connectivity index (χ4v) is 2.02. The zero-order chi connectivity index (χ0) is 14.2. The van der Waals surface area contributed by atoms with E-state index >= 15 is 0 Å². The Morgan fingerprint density at radius 1 is 1.37 bits per heavy atom. The highest BCUT2D eigenvalue weighted by atomic mass is 16.3. The molecule has 0 saturated carbocycles. The molecule has 1 aliphatic heterocycles. The largest absolute Gasteiger partial charge is 0.469 e. The Balaban J connectivity index is 2.20. The third kappa shape index (κ3) is 2.25. The number of furan rings is 1. The Morgan fingerprint density at radius 2 is 2.05 bits per heavy atom. The van der Waals surface area contributed by atoms with Crippen LogP contribution in [0.4, 0.5) is 4.79 Å². The lowest BCUT2D eigenvalue weighted by atomic mass is 9.88. The highest BCUT2D eigenvalue weighted by Gasteiger charge is 2.48. The van der Waals surface area contributed by atoms with E-state index in [-0.39, 0.29) is 6.04 Å². The number of imide groups is 2. The first-order valence-corrected chi connectivity index (χ1v) is 6.05. The van der Waals surface area contributed by atoms with Gasteiger partial charge in [0, 0.05) is 12.5 Å². The smallest absolute Gasteiger partial charge is 0.331 e. The fraction of sp³-hybridized carbons (Fsp3) is 0.462. The topological polar surface area (TPSA) is 79.6 Å². The van der Waals surface area contributed by atoms with E-state index in [1.807, 2.05) is 0 Å². The SMILES string of the molecule is CC(Cc1ccco1)N1C(=O)NC(=O)C(C)(C)C1=O. The second-order valence-corrected chi connectivity index (χ2v) is 5.19. The fourth-order valence-electron chi connectivity index (χ4n) is 2.02. The van der Waals surface area contributed by atoms with E-state index in [4.69, 9.17) is 4.42 Å². The molecule has 19 heavy (non-hydrogen) atoms. The molecule has 1 unspecified atom stereocenters. The Labute approximate surface area is 110 Å². The van der Waals surface area contributed by atoms with E-state index < -0.39 is 23.3 Å². The number of rotatable bonds is 3. The molecule has 4 amide bonds. The average Bonchev–Trinajstić information content (AvgIpc) is 2.79. The molecule has 0 aromatic carbocycles. The van der Waals surface area contributed by atoms with Crippen molar-refractivity contribution in [3.8, 4) is 0 Å². The van der Waals surface area contributed by atoms with E-state index in [9.17, 15) is 14.4 Å². The summed E-state index contributed by atoms with van der Waals surface area (Å²) >= 11 is 0. The molecule has 1 aliphatic rings. The van der Waals surface area contributed by atoms with Crippen molar-refractivity contribution in [1.82, 2.24) is 10.2 Å². The summed E-state index contributed by atoms with van der Waals surface area (Å²) in [6.45, 7) is 4.75. The van der Waals surface area contributed by atoms with Crippen molar-refractivity contribution in [3.63, 3.8) is 0 Å². The first-order chi connectivity index (χ1) is 8.84. The van der Waals surface area contributed by atoms with Crippen molar-refractivity contribution in [1.29, 1.82) is 0 Å². The van der Waals surface area contributed by atoms with Crippen molar-refractivity contribution in [3.05, 3.63) is 24.2 Å². The molecular weight excluding hydrogens is 248 g/mol. The molecule has 6 heteroatoms. The van der Waals surface area contributed by atoms with Gasteiger partial charge in [0.05, 0.1) is 6.26 Å². The molecule has 6 nitrogen and oxygen atoms in total. The second kappa shape index (κ2) is 4.53. The van der Waals surface area contributed by atoms with E-state index in [1.165, 1.54) is 20.1 Å². The summed E-state index contributed by atoms with van der Waals surface area (Å²) in [6.07, 6.45) is 1.95. The van der Waals surface area contributed by atoms with Gasteiger partial charge in [-0.25, -0.2) is 4.79 Å². The molecule has 2 heterocycles. The first kappa shape index (κ1) is 13.3. The zero-order valence-corrected chi connectivity index (χ0v) is 11.1. The molecule has 0 bridgehead atoms. The summed E-state index contributed by atoms with van der Waals surface area (Å²) in [5.74, 6) is -0.368. The molecule has 1 aromatic heterocycles. The summed E-state index contributed by atoms with van der Waals surface area (Å²) in [6, 6.07) is 2.46. The molecule has 2 rings (SSSR count). The minimum absolute atomic E-state index is 0.383. The molecule has 0 spiro atoms. The maximum atomic E-state index is 12.3. The number of hydrogen-bond donors (Lipinski definition) is 1. The van der Waals surface area contributed by atoms with E-state index in [2.05, 4.69) is 5.32 Å². The second-order valence-electron chi connectivity index (χ2n) is 5.19. The van der Waals surface area contributed by atoms with Crippen molar-refractivity contribution in [2.24, 2.45) is 5.41 Å². The number of barbiturate groups is 1. The summed E-state index contributed by atoms with van der Waals surface area (Å²) in [5.41, 5.74) is -1.23. The maximum Gasteiger partial charge on any atom is 0.331 e. The zero-order valence-electron chi connectivity index (χ0n) is 11.1. The highest BCUT2D eigenvalue weighted by Crippen LogP contribution is 2.25. The minimum Gasteiger partial charge on any atom is -0.469 e. The number of nitrogens with one attached hydrogen (secondary N) is 1. The molecule has 102 valence electrons. The number of hydrogen-bond acceptors (Lipinski definition) is 4. The monoisotopic (exact) mass is 264 g/mol. The van der Waals surface area contributed by atoms with Crippen LogP contribution in [-0.4, -0.2) is 28.8 Å². The number of urea groups is 1. The number of nitrogens with zero attached hydrogens (tertiary/aromatic N) is 1. The minimum atomic E-state index is -1.23. The van der Waals surface area contributed by atoms with Crippen molar-refractivity contribution >= 4 is 17.8 Å². The summed E-state index contributed by atoms with van der Waals surface area (Å²) in [7, 11) is 0. The van der Waals surface area contributed by atoms with Gasteiger partial charge in [-0.2, -0.15) is 0 Å². The Kier molecular flexibility index (Phi) is 3.18. The van der Waals surface area contributed by atoms with Gasteiger partial charge in [-0.05, 0) is 32.9 Å². The van der Waals surface area contributed by atoms with Crippen LogP contribution in [0.25, 0.3) is 0 Å². The standard InChI is InChI=1S/C13H16N2O4/c1-8(7-9-5-4-6-19-9)15-11(17)13(2,3)10(16)14-12(15)18/h4-6,8H,7H2,1-3H3,(H,14,16,18). The van der Waals surface area contributed by atoms with Gasteiger partial charge in [0.1, 0.15) is 11.2 Å². The molecule has 0 aliphatic carbocycles. The summed E-state index contributed by atoms with van der Waals surface area (Å²) in [4.78, 5) is 36.8. The van der Waals surface area contributed by atoms with Crippen LogP contribution in [0, 0.1) is 5.41 Å². The molecule has 1 saturated heterocycles. The van der Waals surface area contributed by atoms with E-state index in [0.29, 0.717) is 12.2 Å². The lowest BCUT2D eigenvalue weighted by Gasteiger charge is -2.37. The van der Waals surface area contributed by atoms with Gasteiger partial charge in [0.25, 0.3) is 0 Å². The Hall–Kier alpha value is -2.11. The maximum absolute atomic E-state index is 12.3. The number of carbonyl (C=O) groups is 3. The number of amides is 4. The van der Waals surface area contributed by atoms with Crippen LogP contribution in [0.5, 0.6) is 0 Å². The van der Waals surface area contributed by atoms with Crippen LogP contribution in [0.1, 0.15) is 26.5 Å². The third-order valence-electron chi connectivity index (χ3n) is 3.28. The quantitative estimate of drug-likeness (QED) is 0.835. The van der Waals surface area contributed by atoms with Crippen LogP contribution in [0.2, 0.25) is 0 Å². The summed E-state index contributed by atoms with van der Waals surface area (Å²) < 4.78 is 5.20. The highest BCUT2D eigenvalue weighted by molar-refractivity contribution is 6.18. The van der Waals surface area contributed by atoms with Gasteiger partial charge in [0.15, 0.2) is 0 Å².